The predicted octanol–water partition coefficient (Wildman–Crippen LogP) is -0.0872. The monoisotopic (exact) mass is 242 g/mol. The summed E-state index contributed by atoms with van der Waals surface area (Å²) in [5, 5.41) is 22.5. The number of carbonyl (C=O) groups is 2. The lowest BCUT2D eigenvalue weighted by atomic mass is 10.2. The fraction of sp³-hybridized carbons (Fsp3) is 0.400. The smallest absolute Gasteiger partial charge is 0.328 e. The second-order valence-electron chi connectivity index (χ2n) is 3.52. The van der Waals surface area contributed by atoms with Gasteiger partial charge in [0.1, 0.15) is 0 Å². The first-order chi connectivity index (χ1) is 8.00. The van der Waals surface area contributed by atoms with E-state index in [0.29, 0.717) is 0 Å². The second kappa shape index (κ2) is 5.90. The van der Waals surface area contributed by atoms with Crippen LogP contribution in [-0.4, -0.2) is 34.4 Å². The largest absolute Gasteiger partial charge is 0.480 e. The number of aliphatic hydroxyl groups excluding tert-OH is 1. The Balaban J connectivity index is 2.40. The summed E-state index contributed by atoms with van der Waals surface area (Å²) in [6.07, 6.45) is 1.75. The Labute approximate surface area is 97.4 Å². The Kier molecular flexibility index (Phi) is 4.53. The van der Waals surface area contributed by atoms with E-state index in [9.17, 15) is 9.59 Å². The van der Waals surface area contributed by atoms with E-state index < -0.39 is 24.1 Å². The number of carboxylic acid groups (broad SMARTS) is 1. The summed E-state index contributed by atoms with van der Waals surface area (Å²) in [7, 11) is 0. The zero-order valence-electron chi connectivity index (χ0n) is 9.21. The molecule has 0 aromatic carbocycles. The number of hydrogen-bond acceptors (Lipinski definition) is 4. The highest BCUT2D eigenvalue weighted by molar-refractivity contribution is 5.82. The van der Waals surface area contributed by atoms with Gasteiger partial charge >= 0.3 is 12.0 Å². The Morgan fingerprint density at radius 2 is 2.24 bits per heavy atom. The topological polar surface area (TPSA) is 112 Å². The van der Waals surface area contributed by atoms with Crippen LogP contribution in [0.25, 0.3) is 0 Å². The van der Waals surface area contributed by atoms with Crippen molar-refractivity contribution in [2.45, 2.75) is 25.6 Å². The van der Waals surface area contributed by atoms with Gasteiger partial charge in [0.15, 0.2) is 6.04 Å². The molecule has 0 saturated heterocycles. The molecule has 1 heterocycles. The summed E-state index contributed by atoms with van der Waals surface area (Å²) in [6, 6.07) is -0.331. The van der Waals surface area contributed by atoms with Gasteiger partial charge < -0.3 is 25.3 Å². The van der Waals surface area contributed by atoms with E-state index in [-0.39, 0.29) is 6.54 Å². The molecule has 1 aromatic rings. The zero-order chi connectivity index (χ0) is 12.8. The van der Waals surface area contributed by atoms with Crippen molar-refractivity contribution in [3.8, 4) is 0 Å². The van der Waals surface area contributed by atoms with Crippen LogP contribution in [0.2, 0.25) is 0 Å². The van der Waals surface area contributed by atoms with Crippen molar-refractivity contribution in [2.75, 3.05) is 0 Å². The van der Waals surface area contributed by atoms with Crippen LogP contribution in [0.4, 0.5) is 4.79 Å². The molecule has 2 amide bonds. The second-order valence-corrected chi connectivity index (χ2v) is 3.52. The number of urea groups is 1. The van der Waals surface area contributed by atoms with Gasteiger partial charge in [0.25, 0.3) is 0 Å². The van der Waals surface area contributed by atoms with Gasteiger partial charge in [-0.25, -0.2) is 9.59 Å². The fourth-order valence-electron chi connectivity index (χ4n) is 1.16. The summed E-state index contributed by atoms with van der Waals surface area (Å²) in [5.74, 6) is -1.29. The Morgan fingerprint density at radius 1 is 1.53 bits per heavy atom. The zero-order valence-corrected chi connectivity index (χ0v) is 9.21. The Hall–Kier alpha value is -2.02. The first-order valence-corrected chi connectivity index (χ1v) is 4.97. The molecular formula is C10H14N2O5. The Morgan fingerprint density at radius 3 is 2.71 bits per heavy atom. The molecular weight excluding hydrogens is 228 g/mol. The standard InChI is InChI=1S/C10H14N2O5/c1-6(13)8(9(14)15)12-10(16)11-4-7-2-3-17-5-7/h2-3,5-6,8,13H,4H2,1H3,(H,14,15)(H2,11,12,16)/t6-,8+/m1/s1. The molecule has 2 atom stereocenters. The summed E-state index contributed by atoms with van der Waals surface area (Å²) in [4.78, 5) is 22.0. The van der Waals surface area contributed by atoms with Gasteiger partial charge in [0.05, 0.1) is 18.6 Å². The van der Waals surface area contributed by atoms with E-state index in [1.165, 1.54) is 19.5 Å². The Bertz CT molecular complexity index is 374. The summed E-state index contributed by atoms with van der Waals surface area (Å²) < 4.78 is 4.80. The number of aliphatic carboxylic acids is 1. The van der Waals surface area contributed by atoms with Gasteiger partial charge in [0, 0.05) is 12.1 Å². The minimum Gasteiger partial charge on any atom is -0.480 e. The molecule has 0 aliphatic carbocycles. The molecule has 1 rings (SSSR count). The molecule has 17 heavy (non-hydrogen) atoms. The van der Waals surface area contributed by atoms with Gasteiger partial charge in [-0.1, -0.05) is 0 Å². The van der Waals surface area contributed by atoms with Crippen LogP contribution >= 0.6 is 0 Å². The third-order valence-corrected chi connectivity index (χ3v) is 2.07. The number of rotatable bonds is 5. The number of furan rings is 1. The van der Waals surface area contributed by atoms with Gasteiger partial charge in [-0.3, -0.25) is 0 Å². The molecule has 7 heteroatoms. The predicted molar refractivity (Wildman–Crippen MR) is 57.2 cm³/mol. The quantitative estimate of drug-likeness (QED) is 0.576. The first kappa shape index (κ1) is 13.0. The van der Waals surface area contributed by atoms with Crippen LogP contribution in [-0.2, 0) is 11.3 Å². The van der Waals surface area contributed by atoms with Crippen molar-refractivity contribution in [1.82, 2.24) is 10.6 Å². The lowest BCUT2D eigenvalue weighted by Gasteiger charge is -2.17. The molecule has 0 bridgehead atoms. The highest BCUT2D eigenvalue weighted by Crippen LogP contribution is 1.98. The van der Waals surface area contributed by atoms with E-state index in [0.717, 1.165) is 5.56 Å². The lowest BCUT2D eigenvalue weighted by molar-refractivity contribution is -0.141. The van der Waals surface area contributed by atoms with E-state index in [4.69, 9.17) is 14.6 Å². The fourth-order valence-corrected chi connectivity index (χ4v) is 1.16. The maximum atomic E-state index is 11.3. The van der Waals surface area contributed by atoms with Gasteiger partial charge in [-0.05, 0) is 13.0 Å². The van der Waals surface area contributed by atoms with Gasteiger partial charge in [-0.15, -0.1) is 0 Å². The summed E-state index contributed by atoms with van der Waals surface area (Å²) in [6.45, 7) is 1.50. The molecule has 0 radical (unpaired) electrons. The highest BCUT2D eigenvalue weighted by atomic mass is 16.4. The maximum absolute atomic E-state index is 11.3. The molecule has 0 spiro atoms. The highest BCUT2D eigenvalue weighted by Gasteiger charge is 2.24. The maximum Gasteiger partial charge on any atom is 0.328 e. The van der Waals surface area contributed by atoms with Crippen molar-refractivity contribution >= 4 is 12.0 Å². The lowest BCUT2D eigenvalue weighted by Crippen LogP contribution is -2.50. The van der Waals surface area contributed by atoms with E-state index in [2.05, 4.69) is 10.6 Å². The molecule has 0 saturated carbocycles. The van der Waals surface area contributed by atoms with Gasteiger partial charge in [-0.2, -0.15) is 0 Å². The van der Waals surface area contributed by atoms with Crippen LogP contribution in [0.1, 0.15) is 12.5 Å². The van der Waals surface area contributed by atoms with Crippen LogP contribution in [0.5, 0.6) is 0 Å². The number of carbonyl (C=O) groups excluding carboxylic acids is 1. The van der Waals surface area contributed by atoms with Crippen molar-refractivity contribution in [1.29, 1.82) is 0 Å². The number of nitrogens with one attached hydrogen (secondary N) is 2. The molecule has 0 fully saturated rings. The molecule has 0 aliphatic heterocycles. The van der Waals surface area contributed by atoms with Crippen LogP contribution in [0.15, 0.2) is 23.0 Å². The van der Waals surface area contributed by atoms with Crippen molar-refractivity contribution in [2.24, 2.45) is 0 Å². The number of amides is 2. The van der Waals surface area contributed by atoms with E-state index in [1.54, 1.807) is 6.07 Å². The minimum atomic E-state index is -1.33. The normalized spacial score (nSPS) is 13.8. The molecule has 94 valence electrons. The number of aliphatic hydroxyl groups is 1. The number of hydrogen-bond donors (Lipinski definition) is 4. The third-order valence-electron chi connectivity index (χ3n) is 2.07. The first-order valence-electron chi connectivity index (χ1n) is 4.97. The average Bonchev–Trinajstić information content (AvgIpc) is 2.74. The number of carboxylic acids is 1. The molecule has 0 unspecified atom stereocenters. The third kappa shape index (κ3) is 4.15. The van der Waals surface area contributed by atoms with E-state index in [1.807, 2.05) is 0 Å². The van der Waals surface area contributed by atoms with Crippen LogP contribution < -0.4 is 10.6 Å². The molecule has 4 N–H and O–H groups in total. The minimum absolute atomic E-state index is 0.217. The van der Waals surface area contributed by atoms with Crippen molar-refractivity contribution in [3.63, 3.8) is 0 Å². The van der Waals surface area contributed by atoms with Crippen LogP contribution in [0.3, 0.4) is 0 Å². The van der Waals surface area contributed by atoms with Crippen molar-refractivity contribution in [3.05, 3.63) is 24.2 Å². The molecule has 0 aliphatic rings. The molecule has 1 aromatic heterocycles. The summed E-state index contributed by atoms with van der Waals surface area (Å²) in [5.41, 5.74) is 0.754. The SMILES string of the molecule is C[C@@H](O)[C@H](NC(=O)NCc1ccoc1)C(=O)O. The van der Waals surface area contributed by atoms with Gasteiger partial charge in [0.2, 0.25) is 0 Å². The average molecular weight is 242 g/mol. The van der Waals surface area contributed by atoms with E-state index >= 15 is 0 Å². The summed E-state index contributed by atoms with van der Waals surface area (Å²) >= 11 is 0. The van der Waals surface area contributed by atoms with Crippen LogP contribution in [0, 0.1) is 0 Å². The van der Waals surface area contributed by atoms with Crippen molar-refractivity contribution < 1.29 is 24.2 Å². The molecule has 7 nitrogen and oxygen atoms in total.